The highest BCUT2D eigenvalue weighted by Gasteiger charge is 2.38. The average molecular weight is 400 g/mol. The standard InChI is InChI=1S/C20H15F3N4O2/c1-11-16(18(28)26-15-4-2-3-14(9-15)20(21,22)23)17(27-19(29)25-11)13-7-5-12(10-24)6-8-13/h2-9,16-17H,1H2,(H,26,28)(H2,25,27,29)/t16-,17+/m0/s1. The van der Waals surface area contributed by atoms with Gasteiger partial charge in [0.15, 0.2) is 0 Å². The fraction of sp³-hybridized carbons (Fsp3) is 0.150. The van der Waals surface area contributed by atoms with Crippen LogP contribution in [-0.4, -0.2) is 11.9 Å². The van der Waals surface area contributed by atoms with Gasteiger partial charge in [-0.3, -0.25) is 4.79 Å². The number of carbonyl (C=O) groups is 2. The number of carbonyl (C=O) groups excluding carboxylic acids is 2. The minimum Gasteiger partial charge on any atom is -0.330 e. The largest absolute Gasteiger partial charge is 0.416 e. The third kappa shape index (κ3) is 4.38. The van der Waals surface area contributed by atoms with Crippen LogP contribution in [0.4, 0.5) is 23.7 Å². The maximum Gasteiger partial charge on any atom is 0.416 e. The average Bonchev–Trinajstić information content (AvgIpc) is 2.67. The number of alkyl halides is 3. The Morgan fingerprint density at radius 3 is 2.48 bits per heavy atom. The van der Waals surface area contributed by atoms with Crippen molar-refractivity contribution >= 4 is 17.6 Å². The lowest BCUT2D eigenvalue weighted by Crippen LogP contribution is -2.51. The number of nitrogens with one attached hydrogen (secondary N) is 3. The number of rotatable bonds is 3. The van der Waals surface area contributed by atoms with Crippen molar-refractivity contribution in [2.75, 3.05) is 5.32 Å². The minimum absolute atomic E-state index is 0.0342. The molecule has 1 aliphatic heterocycles. The topological polar surface area (TPSA) is 94.0 Å². The lowest BCUT2D eigenvalue weighted by Gasteiger charge is -2.34. The van der Waals surface area contributed by atoms with E-state index in [1.165, 1.54) is 24.3 Å². The molecule has 9 heteroatoms. The molecule has 0 unspecified atom stereocenters. The second-order valence-corrected chi connectivity index (χ2v) is 6.38. The normalized spacial score (nSPS) is 19.0. The molecule has 1 aliphatic rings. The maximum absolute atomic E-state index is 12.9. The predicted molar refractivity (Wildman–Crippen MR) is 98.3 cm³/mol. The van der Waals surface area contributed by atoms with Gasteiger partial charge in [0.2, 0.25) is 5.91 Å². The molecule has 0 bridgehead atoms. The van der Waals surface area contributed by atoms with E-state index >= 15 is 0 Å². The third-order valence-electron chi connectivity index (χ3n) is 4.41. The van der Waals surface area contributed by atoms with E-state index in [9.17, 15) is 22.8 Å². The van der Waals surface area contributed by atoms with Gasteiger partial charge in [0.1, 0.15) is 5.92 Å². The predicted octanol–water partition coefficient (Wildman–Crippen LogP) is 3.70. The molecule has 2 aromatic rings. The lowest BCUT2D eigenvalue weighted by atomic mass is 9.88. The summed E-state index contributed by atoms with van der Waals surface area (Å²) in [5.74, 6) is -1.63. The molecule has 0 spiro atoms. The van der Waals surface area contributed by atoms with Crippen LogP contribution < -0.4 is 16.0 Å². The van der Waals surface area contributed by atoms with E-state index in [0.29, 0.717) is 11.1 Å². The number of anilines is 1. The van der Waals surface area contributed by atoms with Gasteiger partial charge >= 0.3 is 12.2 Å². The first kappa shape index (κ1) is 19.9. The molecule has 0 aliphatic carbocycles. The van der Waals surface area contributed by atoms with E-state index in [1.54, 1.807) is 12.1 Å². The second-order valence-electron chi connectivity index (χ2n) is 6.38. The fourth-order valence-electron chi connectivity index (χ4n) is 3.03. The second kappa shape index (κ2) is 7.67. The molecule has 1 fully saturated rings. The summed E-state index contributed by atoms with van der Waals surface area (Å²) < 4.78 is 38.7. The molecule has 0 saturated carbocycles. The fourth-order valence-corrected chi connectivity index (χ4v) is 3.03. The Morgan fingerprint density at radius 2 is 1.86 bits per heavy atom. The number of nitriles is 1. The monoisotopic (exact) mass is 400 g/mol. The van der Waals surface area contributed by atoms with Crippen molar-refractivity contribution in [3.8, 4) is 6.07 Å². The van der Waals surface area contributed by atoms with Crippen molar-refractivity contribution in [3.05, 3.63) is 77.5 Å². The molecule has 2 aromatic carbocycles. The Kier molecular flexibility index (Phi) is 5.28. The van der Waals surface area contributed by atoms with Crippen LogP contribution in [0.2, 0.25) is 0 Å². The number of halogens is 3. The zero-order valence-electron chi connectivity index (χ0n) is 14.9. The van der Waals surface area contributed by atoms with Crippen LogP contribution in [0.25, 0.3) is 0 Å². The molecule has 2 atom stereocenters. The summed E-state index contributed by atoms with van der Waals surface area (Å²) in [5.41, 5.74) is 0.121. The van der Waals surface area contributed by atoms with Crippen LogP contribution in [0.5, 0.6) is 0 Å². The Hall–Kier alpha value is -3.80. The van der Waals surface area contributed by atoms with Gasteiger partial charge in [-0.15, -0.1) is 0 Å². The van der Waals surface area contributed by atoms with Gasteiger partial charge in [0, 0.05) is 11.4 Å². The zero-order valence-corrected chi connectivity index (χ0v) is 14.9. The maximum atomic E-state index is 12.9. The van der Waals surface area contributed by atoms with Crippen molar-refractivity contribution < 1.29 is 22.8 Å². The quantitative estimate of drug-likeness (QED) is 0.733. The van der Waals surface area contributed by atoms with E-state index < -0.39 is 35.6 Å². The first-order valence-corrected chi connectivity index (χ1v) is 8.43. The Labute approximate surface area is 164 Å². The van der Waals surface area contributed by atoms with Gasteiger partial charge < -0.3 is 16.0 Å². The van der Waals surface area contributed by atoms with Crippen molar-refractivity contribution in [2.45, 2.75) is 12.2 Å². The molecule has 29 heavy (non-hydrogen) atoms. The van der Waals surface area contributed by atoms with Crippen LogP contribution in [0.1, 0.15) is 22.7 Å². The zero-order chi connectivity index (χ0) is 21.2. The first-order valence-electron chi connectivity index (χ1n) is 8.43. The van der Waals surface area contributed by atoms with Crippen molar-refractivity contribution in [3.63, 3.8) is 0 Å². The van der Waals surface area contributed by atoms with Crippen LogP contribution in [0.15, 0.2) is 60.8 Å². The minimum atomic E-state index is -4.55. The molecular formula is C20H15F3N4O2. The number of nitrogens with zero attached hydrogens (tertiary/aromatic N) is 1. The first-order chi connectivity index (χ1) is 13.7. The Bertz CT molecular complexity index is 1010. The van der Waals surface area contributed by atoms with E-state index in [1.807, 2.05) is 6.07 Å². The van der Waals surface area contributed by atoms with Gasteiger partial charge in [0.25, 0.3) is 0 Å². The number of benzene rings is 2. The summed E-state index contributed by atoms with van der Waals surface area (Å²) >= 11 is 0. The SMILES string of the molecule is C=C1NC(=O)N[C@H](c2ccc(C#N)cc2)[C@H]1C(=O)Nc1cccc(C(F)(F)F)c1. The lowest BCUT2D eigenvalue weighted by molar-refractivity contribution is -0.137. The number of hydrogen-bond acceptors (Lipinski definition) is 3. The summed E-state index contributed by atoms with van der Waals surface area (Å²) in [6.07, 6.45) is -4.55. The summed E-state index contributed by atoms with van der Waals surface area (Å²) in [6.45, 7) is 3.71. The number of amides is 3. The van der Waals surface area contributed by atoms with Crippen LogP contribution in [0.3, 0.4) is 0 Å². The van der Waals surface area contributed by atoms with Crippen molar-refractivity contribution in [2.24, 2.45) is 5.92 Å². The molecule has 3 amide bonds. The molecule has 6 nitrogen and oxygen atoms in total. The summed E-state index contributed by atoms with van der Waals surface area (Å²) in [7, 11) is 0. The molecular weight excluding hydrogens is 385 g/mol. The van der Waals surface area contributed by atoms with Crippen LogP contribution in [-0.2, 0) is 11.0 Å². The summed E-state index contributed by atoms with van der Waals surface area (Å²) in [6, 6.07) is 11.1. The van der Waals surface area contributed by atoms with Gasteiger partial charge in [-0.05, 0) is 35.9 Å². The van der Waals surface area contributed by atoms with Crippen LogP contribution >= 0.6 is 0 Å². The summed E-state index contributed by atoms with van der Waals surface area (Å²) in [5, 5.41) is 16.4. The van der Waals surface area contributed by atoms with Gasteiger partial charge in [-0.1, -0.05) is 24.8 Å². The highest BCUT2D eigenvalue weighted by atomic mass is 19.4. The highest BCUT2D eigenvalue weighted by molar-refractivity contribution is 5.97. The Morgan fingerprint density at radius 1 is 1.17 bits per heavy atom. The molecule has 1 heterocycles. The molecule has 148 valence electrons. The van der Waals surface area contributed by atoms with Crippen molar-refractivity contribution in [1.29, 1.82) is 5.26 Å². The van der Waals surface area contributed by atoms with E-state index in [-0.39, 0.29) is 11.4 Å². The number of urea groups is 1. The molecule has 0 radical (unpaired) electrons. The number of hydrogen-bond donors (Lipinski definition) is 3. The summed E-state index contributed by atoms with van der Waals surface area (Å²) in [4.78, 5) is 24.7. The molecule has 0 aromatic heterocycles. The smallest absolute Gasteiger partial charge is 0.330 e. The Balaban J connectivity index is 1.88. The highest BCUT2D eigenvalue weighted by Crippen LogP contribution is 2.33. The van der Waals surface area contributed by atoms with Gasteiger partial charge in [-0.25, -0.2) is 4.79 Å². The van der Waals surface area contributed by atoms with Gasteiger partial charge in [0.05, 0.1) is 23.2 Å². The molecule has 3 N–H and O–H groups in total. The molecule has 3 rings (SSSR count). The van der Waals surface area contributed by atoms with E-state index in [2.05, 4.69) is 22.5 Å². The van der Waals surface area contributed by atoms with E-state index in [0.717, 1.165) is 12.1 Å². The molecule has 1 saturated heterocycles. The van der Waals surface area contributed by atoms with Gasteiger partial charge in [-0.2, -0.15) is 18.4 Å². The van der Waals surface area contributed by atoms with Crippen LogP contribution in [0, 0.1) is 17.2 Å². The van der Waals surface area contributed by atoms with Crippen molar-refractivity contribution in [1.82, 2.24) is 10.6 Å². The third-order valence-corrected chi connectivity index (χ3v) is 4.41. The van der Waals surface area contributed by atoms with E-state index in [4.69, 9.17) is 5.26 Å².